The molecule has 1 unspecified atom stereocenters. The second-order valence-electron chi connectivity index (χ2n) is 4.55. The summed E-state index contributed by atoms with van der Waals surface area (Å²) in [5.41, 5.74) is 0. The third kappa shape index (κ3) is 4.81. The number of ether oxygens (including phenoxy) is 2. The predicted octanol–water partition coefficient (Wildman–Crippen LogP) is 2.72. The average molecular weight is 265 g/mol. The van der Waals surface area contributed by atoms with Gasteiger partial charge in [-0.2, -0.15) is 0 Å². The number of hydrogen-bond acceptors (Lipinski definition) is 3. The second kappa shape index (κ2) is 7.67. The fraction of sp³-hybridized carbons (Fsp3) is 0.533. The van der Waals surface area contributed by atoms with E-state index in [2.05, 4.69) is 6.92 Å². The highest BCUT2D eigenvalue weighted by atomic mass is 16.5. The van der Waals surface area contributed by atoms with E-state index < -0.39 is 6.10 Å². The molecule has 106 valence electrons. The van der Waals surface area contributed by atoms with E-state index in [0.717, 1.165) is 25.1 Å². The molecule has 4 heteroatoms. The summed E-state index contributed by atoms with van der Waals surface area (Å²) in [6.45, 7) is 4.65. The van der Waals surface area contributed by atoms with Crippen molar-refractivity contribution >= 4 is 5.91 Å². The van der Waals surface area contributed by atoms with Crippen molar-refractivity contribution in [3.05, 3.63) is 24.3 Å². The quantitative estimate of drug-likeness (QED) is 0.761. The molecule has 1 aromatic rings. The molecule has 0 bridgehead atoms. The molecule has 1 amide bonds. The average Bonchev–Trinajstić information content (AvgIpc) is 2.44. The van der Waals surface area contributed by atoms with Crippen molar-refractivity contribution in [2.24, 2.45) is 0 Å². The topological polar surface area (TPSA) is 38.8 Å². The van der Waals surface area contributed by atoms with Gasteiger partial charge in [-0.15, -0.1) is 0 Å². The van der Waals surface area contributed by atoms with Crippen molar-refractivity contribution in [1.82, 2.24) is 4.90 Å². The van der Waals surface area contributed by atoms with Crippen molar-refractivity contribution in [2.45, 2.75) is 32.8 Å². The molecule has 1 rings (SSSR count). The third-order valence-electron chi connectivity index (χ3n) is 2.94. The zero-order chi connectivity index (χ0) is 14.3. The number of amides is 1. The molecular weight excluding hydrogens is 242 g/mol. The Balaban J connectivity index is 2.52. The maximum atomic E-state index is 12.1. The van der Waals surface area contributed by atoms with E-state index in [4.69, 9.17) is 9.47 Å². The van der Waals surface area contributed by atoms with Gasteiger partial charge < -0.3 is 14.4 Å². The number of likely N-dealkylation sites (N-methyl/N-ethyl adjacent to an activating group) is 1. The lowest BCUT2D eigenvalue weighted by Gasteiger charge is -2.22. The monoisotopic (exact) mass is 265 g/mol. The molecule has 0 spiro atoms. The summed E-state index contributed by atoms with van der Waals surface area (Å²) in [6.07, 6.45) is 1.61. The van der Waals surface area contributed by atoms with Crippen molar-refractivity contribution in [3.63, 3.8) is 0 Å². The number of benzene rings is 1. The van der Waals surface area contributed by atoms with Crippen LogP contribution in [0.2, 0.25) is 0 Å². The minimum absolute atomic E-state index is 0.00395. The lowest BCUT2D eigenvalue weighted by Crippen LogP contribution is -2.38. The highest BCUT2D eigenvalue weighted by Crippen LogP contribution is 2.18. The summed E-state index contributed by atoms with van der Waals surface area (Å²) in [7, 11) is 3.43. The normalized spacial score (nSPS) is 11.8. The van der Waals surface area contributed by atoms with Crippen LogP contribution in [0.5, 0.6) is 11.5 Å². The van der Waals surface area contributed by atoms with Gasteiger partial charge in [0.05, 0.1) is 7.11 Å². The Bertz CT molecular complexity index is 389. The largest absolute Gasteiger partial charge is 0.497 e. The summed E-state index contributed by atoms with van der Waals surface area (Å²) < 4.78 is 10.7. The van der Waals surface area contributed by atoms with Gasteiger partial charge in [0.25, 0.3) is 5.91 Å². The molecule has 0 aliphatic rings. The zero-order valence-corrected chi connectivity index (χ0v) is 12.2. The number of rotatable bonds is 7. The number of carbonyl (C=O) groups excluding carboxylic acids is 1. The molecule has 4 nitrogen and oxygen atoms in total. The number of nitrogens with zero attached hydrogens (tertiary/aromatic N) is 1. The van der Waals surface area contributed by atoms with Crippen molar-refractivity contribution in [2.75, 3.05) is 20.7 Å². The van der Waals surface area contributed by atoms with Crippen LogP contribution in [-0.4, -0.2) is 37.6 Å². The van der Waals surface area contributed by atoms with E-state index >= 15 is 0 Å². The Hall–Kier alpha value is -1.71. The highest BCUT2D eigenvalue weighted by molar-refractivity contribution is 5.80. The first-order valence-corrected chi connectivity index (χ1v) is 6.64. The van der Waals surface area contributed by atoms with E-state index in [0.29, 0.717) is 5.75 Å². The Morgan fingerprint density at radius 1 is 1.26 bits per heavy atom. The first-order chi connectivity index (χ1) is 9.08. The first kappa shape index (κ1) is 15.3. The number of unbranched alkanes of at least 4 members (excludes halogenated alkanes) is 1. The zero-order valence-electron chi connectivity index (χ0n) is 12.2. The van der Waals surface area contributed by atoms with Gasteiger partial charge in [-0.3, -0.25) is 4.79 Å². The smallest absolute Gasteiger partial charge is 0.263 e. The van der Waals surface area contributed by atoms with Crippen LogP contribution >= 0.6 is 0 Å². The summed E-state index contributed by atoms with van der Waals surface area (Å²) >= 11 is 0. The lowest BCUT2D eigenvalue weighted by molar-refractivity contribution is -0.136. The van der Waals surface area contributed by atoms with E-state index in [1.807, 2.05) is 19.2 Å². The van der Waals surface area contributed by atoms with Crippen LogP contribution in [0.4, 0.5) is 0 Å². The molecule has 0 saturated carbocycles. The van der Waals surface area contributed by atoms with E-state index in [1.54, 1.807) is 31.1 Å². The van der Waals surface area contributed by atoms with Crippen LogP contribution in [0, 0.1) is 0 Å². The molecule has 0 N–H and O–H groups in total. The summed E-state index contributed by atoms with van der Waals surface area (Å²) in [5.74, 6) is 1.45. The molecule has 0 aliphatic carbocycles. The molecule has 0 radical (unpaired) electrons. The van der Waals surface area contributed by atoms with Crippen LogP contribution in [0.25, 0.3) is 0 Å². The van der Waals surface area contributed by atoms with Crippen LogP contribution < -0.4 is 9.47 Å². The Morgan fingerprint density at radius 3 is 2.37 bits per heavy atom. The Labute approximate surface area is 115 Å². The third-order valence-corrected chi connectivity index (χ3v) is 2.94. The van der Waals surface area contributed by atoms with E-state index in [9.17, 15) is 4.79 Å². The van der Waals surface area contributed by atoms with Gasteiger partial charge in [-0.05, 0) is 37.6 Å². The number of methoxy groups -OCH3 is 1. The van der Waals surface area contributed by atoms with Crippen LogP contribution in [-0.2, 0) is 4.79 Å². The molecule has 1 aromatic carbocycles. The fourth-order valence-electron chi connectivity index (χ4n) is 1.72. The fourth-order valence-corrected chi connectivity index (χ4v) is 1.72. The summed E-state index contributed by atoms with van der Waals surface area (Å²) in [6, 6.07) is 7.23. The lowest BCUT2D eigenvalue weighted by atomic mass is 10.3. The van der Waals surface area contributed by atoms with Crippen molar-refractivity contribution < 1.29 is 14.3 Å². The predicted molar refractivity (Wildman–Crippen MR) is 75.6 cm³/mol. The maximum Gasteiger partial charge on any atom is 0.263 e. The molecule has 0 aliphatic heterocycles. The minimum atomic E-state index is -0.477. The second-order valence-corrected chi connectivity index (χ2v) is 4.55. The molecule has 1 atom stereocenters. The highest BCUT2D eigenvalue weighted by Gasteiger charge is 2.18. The molecular formula is C15H23NO3. The van der Waals surface area contributed by atoms with Crippen LogP contribution in [0.3, 0.4) is 0 Å². The molecule has 0 saturated heterocycles. The van der Waals surface area contributed by atoms with Crippen molar-refractivity contribution in [1.29, 1.82) is 0 Å². The van der Waals surface area contributed by atoms with Gasteiger partial charge in [0, 0.05) is 13.6 Å². The first-order valence-electron chi connectivity index (χ1n) is 6.64. The van der Waals surface area contributed by atoms with Gasteiger partial charge in [0.15, 0.2) is 6.10 Å². The summed E-state index contributed by atoms with van der Waals surface area (Å²) in [4.78, 5) is 13.8. The molecule has 0 heterocycles. The van der Waals surface area contributed by atoms with Gasteiger partial charge in [0.2, 0.25) is 0 Å². The Morgan fingerprint density at radius 2 is 1.84 bits per heavy atom. The molecule has 0 fully saturated rings. The molecule has 0 aromatic heterocycles. The number of hydrogen-bond donors (Lipinski definition) is 0. The number of carbonyl (C=O) groups is 1. The van der Waals surface area contributed by atoms with Crippen LogP contribution in [0.15, 0.2) is 24.3 Å². The minimum Gasteiger partial charge on any atom is -0.497 e. The van der Waals surface area contributed by atoms with Gasteiger partial charge in [-0.25, -0.2) is 0 Å². The maximum absolute atomic E-state index is 12.1. The standard InChI is InChI=1S/C15H23NO3/c1-5-6-11-16(3)15(17)12(2)19-14-9-7-13(18-4)8-10-14/h7-10,12H,5-6,11H2,1-4H3. The molecule has 19 heavy (non-hydrogen) atoms. The van der Waals surface area contributed by atoms with Gasteiger partial charge >= 0.3 is 0 Å². The SMILES string of the molecule is CCCCN(C)C(=O)C(C)Oc1ccc(OC)cc1. The van der Waals surface area contributed by atoms with E-state index in [1.165, 1.54) is 0 Å². The van der Waals surface area contributed by atoms with E-state index in [-0.39, 0.29) is 5.91 Å². The Kier molecular flexibility index (Phi) is 6.19. The van der Waals surface area contributed by atoms with Gasteiger partial charge in [0.1, 0.15) is 11.5 Å². The van der Waals surface area contributed by atoms with Gasteiger partial charge in [-0.1, -0.05) is 13.3 Å². The van der Waals surface area contributed by atoms with Crippen molar-refractivity contribution in [3.8, 4) is 11.5 Å². The summed E-state index contributed by atoms with van der Waals surface area (Å²) in [5, 5.41) is 0. The van der Waals surface area contributed by atoms with Crippen LogP contribution in [0.1, 0.15) is 26.7 Å².